The average molecular weight is 227 g/mol. The maximum Gasteiger partial charge on any atom is 0.277 e. The lowest BCUT2D eigenvalue weighted by Gasteiger charge is -2.04. The third kappa shape index (κ3) is 2.33. The SMILES string of the molecule is CCc1ccc(-c2ccccc2)c([N+](=O)[O-])c1. The van der Waals surface area contributed by atoms with E-state index in [1.807, 2.05) is 49.4 Å². The van der Waals surface area contributed by atoms with Crippen molar-refractivity contribution in [1.29, 1.82) is 0 Å². The summed E-state index contributed by atoms with van der Waals surface area (Å²) in [4.78, 5) is 10.8. The zero-order chi connectivity index (χ0) is 12.3. The van der Waals surface area contributed by atoms with Gasteiger partial charge in [-0.25, -0.2) is 0 Å². The fourth-order valence-electron chi connectivity index (χ4n) is 1.81. The van der Waals surface area contributed by atoms with Crippen molar-refractivity contribution in [3.8, 4) is 11.1 Å². The summed E-state index contributed by atoms with van der Waals surface area (Å²) in [5, 5.41) is 11.1. The normalized spacial score (nSPS) is 10.2. The minimum atomic E-state index is -0.318. The molecule has 0 atom stereocenters. The predicted molar refractivity (Wildman–Crippen MR) is 67.9 cm³/mol. The Labute approximate surface area is 99.9 Å². The molecule has 0 saturated heterocycles. The molecule has 0 unspecified atom stereocenters. The summed E-state index contributed by atoms with van der Waals surface area (Å²) >= 11 is 0. The van der Waals surface area contributed by atoms with Crippen LogP contribution in [0.3, 0.4) is 0 Å². The smallest absolute Gasteiger partial charge is 0.258 e. The summed E-state index contributed by atoms with van der Waals surface area (Å²) in [6, 6.07) is 14.8. The summed E-state index contributed by atoms with van der Waals surface area (Å²) in [7, 11) is 0. The Morgan fingerprint density at radius 3 is 2.41 bits per heavy atom. The van der Waals surface area contributed by atoms with Gasteiger partial charge in [-0.05, 0) is 23.6 Å². The van der Waals surface area contributed by atoms with Gasteiger partial charge in [-0.1, -0.05) is 43.3 Å². The summed E-state index contributed by atoms with van der Waals surface area (Å²) < 4.78 is 0. The van der Waals surface area contributed by atoms with Gasteiger partial charge in [-0.3, -0.25) is 10.1 Å². The maximum atomic E-state index is 11.1. The molecule has 0 radical (unpaired) electrons. The number of benzene rings is 2. The van der Waals surface area contributed by atoms with E-state index in [0.717, 1.165) is 17.5 Å². The van der Waals surface area contributed by atoms with Crippen molar-refractivity contribution in [1.82, 2.24) is 0 Å². The van der Waals surface area contributed by atoms with Gasteiger partial charge in [0, 0.05) is 6.07 Å². The highest BCUT2D eigenvalue weighted by molar-refractivity contribution is 5.73. The van der Waals surface area contributed by atoms with Crippen LogP contribution in [0.15, 0.2) is 48.5 Å². The monoisotopic (exact) mass is 227 g/mol. The van der Waals surface area contributed by atoms with Crippen molar-refractivity contribution in [3.05, 3.63) is 64.2 Å². The standard InChI is InChI=1S/C14H13NO2/c1-2-11-8-9-13(14(10-11)15(16)17)12-6-4-3-5-7-12/h3-10H,2H2,1H3. The van der Waals surface area contributed by atoms with Crippen molar-refractivity contribution in [3.63, 3.8) is 0 Å². The highest BCUT2D eigenvalue weighted by atomic mass is 16.6. The molecule has 0 N–H and O–H groups in total. The summed E-state index contributed by atoms with van der Waals surface area (Å²) in [5.74, 6) is 0. The third-order valence-corrected chi connectivity index (χ3v) is 2.75. The maximum absolute atomic E-state index is 11.1. The first-order chi connectivity index (χ1) is 8.22. The van der Waals surface area contributed by atoms with Crippen LogP contribution in [0.1, 0.15) is 12.5 Å². The molecular formula is C14H13NO2. The van der Waals surface area contributed by atoms with Gasteiger partial charge in [0.25, 0.3) is 5.69 Å². The van der Waals surface area contributed by atoms with E-state index in [0.29, 0.717) is 5.56 Å². The Kier molecular flexibility index (Phi) is 3.19. The molecule has 3 nitrogen and oxygen atoms in total. The Morgan fingerprint density at radius 2 is 1.82 bits per heavy atom. The largest absolute Gasteiger partial charge is 0.277 e. The molecule has 0 aliphatic rings. The van der Waals surface area contributed by atoms with E-state index in [-0.39, 0.29) is 10.6 Å². The molecule has 2 rings (SSSR count). The lowest BCUT2D eigenvalue weighted by atomic mass is 10.0. The fraction of sp³-hybridized carbons (Fsp3) is 0.143. The van der Waals surface area contributed by atoms with E-state index < -0.39 is 0 Å². The Balaban J connectivity index is 2.58. The van der Waals surface area contributed by atoms with Crippen LogP contribution in [0.5, 0.6) is 0 Å². The Bertz CT molecular complexity index is 535. The van der Waals surface area contributed by atoms with Gasteiger partial charge in [0.15, 0.2) is 0 Å². The fourth-order valence-corrected chi connectivity index (χ4v) is 1.81. The number of hydrogen-bond donors (Lipinski definition) is 0. The number of rotatable bonds is 3. The van der Waals surface area contributed by atoms with Crippen LogP contribution in [-0.4, -0.2) is 4.92 Å². The molecule has 2 aromatic carbocycles. The van der Waals surface area contributed by atoms with Crippen molar-refractivity contribution in [2.75, 3.05) is 0 Å². The van der Waals surface area contributed by atoms with E-state index in [1.165, 1.54) is 0 Å². The zero-order valence-electron chi connectivity index (χ0n) is 9.59. The minimum Gasteiger partial charge on any atom is -0.258 e. The first-order valence-electron chi connectivity index (χ1n) is 5.55. The topological polar surface area (TPSA) is 43.1 Å². The van der Waals surface area contributed by atoms with Gasteiger partial charge in [-0.2, -0.15) is 0 Å². The predicted octanol–water partition coefficient (Wildman–Crippen LogP) is 3.82. The van der Waals surface area contributed by atoms with E-state index in [2.05, 4.69) is 0 Å². The van der Waals surface area contributed by atoms with Gasteiger partial charge >= 0.3 is 0 Å². The number of aryl methyl sites for hydroxylation is 1. The van der Waals surface area contributed by atoms with E-state index >= 15 is 0 Å². The summed E-state index contributed by atoms with van der Waals surface area (Å²) in [5.41, 5.74) is 2.71. The highest BCUT2D eigenvalue weighted by Gasteiger charge is 2.15. The number of nitrogens with zero attached hydrogens (tertiary/aromatic N) is 1. The second kappa shape index (κ2) is 4.78. The van der Waals surface area contributed by atoms with Crippen molar-refractivity contribution < 1.29 is 4.92 Å². The second-order valence-corrected chi connectivity index (χ2v) is 3.83. The van der Waals surface area contributed by atoms with Gasteiger partial charge in [0.1, 0.15) is 0 Å². The molecule has 0 saturated carbocycles. The lowest BCUT2D eigenvalue weighted by Crippen LogP contribution is -1.93. The molecule has 0 spiro atoms. The summed E-state index contributed by atoms with van der Waals surface area (Å²) in [6.45, 7) is 1.99. The molecule has 0 bridgehead atoms. The molecule has 17 heavy (non-hydrogen) atoms. The van der Waals surface area contributed by atoms with Crippen LogP contribution in [0.4, 0.5) is 5.69 Å². The number of nitro benzene ring substituents is 1. The quantitative estimate of drug-likeness (QED) is 0.590. The van der Waals surface area contributed by atoms with Crippen LogP contribution in [0, 0.1) is 10.1 Å². The molecule has 0 aliphatic heterocycles. The van der Waals surface area contributed by atoms with Crippen LogP contribution < -0.4 is 0 Å². The van der Waals surface area contributed by atoms with Gasteiger partial charge in [-0.15, -0.1) is 0 Å². The zero-order valence-corrected chi connectivity index (χ0v) is 9.59. The van der Waals surface area contributed by atoms with Crippen LogP contribution >= 0.6 is 0 Å². The van der Waals surface area contributed by atoms with Crippen molar-refractivity contribution in [2.24, 2.45) is 0 Å². The molecule has 86 valence electrons. The van der Waals surface area contributed by atoms with Gasteiger partial charge < -0.3 is 0 Å². The first kappa shape index (κ1) is 11.3. The Hall–Kier alpha value is -2.16. The lowest BCUT2D eigenvalue weighted by molar-refractivity contribution is -0.384. The molecular weight excluding hydrogens is 214 g/mol. The molecule has 0 heterocycles. The third-order valence-electron chi connectivity index (χ3n) is 2.75. The molecule has 0 fully saturated rings. The Morgan fingerprint density at radius 1 is 1.12 bits per heavy atom. The molecule has 0 amide bonds. The van der Waals surface area contributed by atoms with Crippen LogP contribution in [-0.2, 0) is 6.42 Å². The summed E-state index contributed by atoms with van der Waals surface area (Å²) in [6.07, 6.45) is 0.801. The average Bonchev–Trinajstić information content (AvgIpc) is 2.39. The second-order valence-electron chi connectivity index (χ2n) is 3.83. The first-order valence-corrected chi connectivity index (χ1v) is 5.55. The van der Waals surface area contributed by atoms with Crippen molar-refractivity contribution >= 4 is 5.69 Å². The molecule has 3 heteroatoms. The van der Waals surface area contributed by atoms with Crippen molar-refractivity contribution in [2.45, 2.75) is 13.3 Å². The molecule has 2 aromatic rings. The van der Waals surface area contributed by atoms with Crippen LogP contribution in [0.25, 0.3) is 11.1 Å². The highest BCUT2D eigenvalue weighted by Crippen LogP contribution is 2.30. The van der Waals surface area contributed by atoms with Crippen LogP contribution in [0.2, 0.25) is 0 Å². The van der Waals surface area contributed by atoms with Gasteiger partial charge in [0.05, 0.1) is 10.5 Å². The minimum absolute atomic E-state index is 0.176. The molecule has 0 aromatic heterocycles. The van der Waals surface area contributed by atoms with E-state index in [9.17, 15) is 10.1 Å². The molecule has 0 aliphatic carbocycles. The van der Waals surface area contributed by atoms with E-state index in [4.69, 9.17) is 0 Å². The number of hydrogen-bond acceptors (Lipinski definition) is 2. The van der Waals surface area contributed by atoms with Gasteiger partial charge in [0.2, 0.25) is 0 Å². The number of nitro groups is 1. The van der Waals surface area contributed by atoms with E-state index in [1.54, 1.807) is 6.07 Å².